The second kappa shape index (κ2) is 9.22. The zero-order valence-corrected chi connectivity index (χ0v) is 17.2. The summed E-state index contributed by atoms with van der Waals surface area (Å²) >= 11 is 0. The molecule has 4 aromatic rings. The topological polar surface area (TPSA) is 57.9 Å². The first-order chi connectivity index (χ1) is 15.2. The van der Waals surface area contributed by atoms with Crippen molar-refractivity contribution in [3.63, 3.8) is 0 Å². The number of ether oxygens (including phenoxy) is 3. The molecule has 0 radical (unpaired) electrons. The highest BCUT2D eigenvalue weighted by atomic mass is 16.5. The Balaban J connectivity index is 1.65. The van der Waals surface area contributed by atoms with Gasteiger partial charge in [0.2, 0.25) is 0 Å². The van der Waals surface area contributed by atoms with E-state index in [9.17, 15) is 4.79 Å². The minimum absolute atomic E-state index is 0.128. The van der Waals surface area contributed by atoms with E-state index < -0.39 is 0 Å². The third-order valence-corrected chi connectivity index (χ3v) is 4.75. The van der Waals surface area contributed by atoms with Gasteiger partial charge in [0.05, 0.1) is 12.5 Å². The molecule has 3 aromatic carbocycles. The van der Waals surface area contributed by atoms with Crippen molar-refractivity contribution in [2.24, 2.45) is 0 Å². The molecule has 0 aliphatic heterocycles. The highest BCUT2D eigenvalue weighted by molar-refractivity contribution is 5.80. The Morgan fingerprint density at radius 2 is 1.77 bits per heavy atom. The van der Waals surface area contributed by atoms with Gasteiger partial charge in [0.15, 0.2) is 16.9 Å². The number of hydrogen-bond acceptors (Lipinski definition) is 5. The molecule has 0 fully saturated rings. The predicted molar refractivity (Wildman–Crippen MR) is 121 cm³/mol. The van der Waals surface area contributed by atoms with Crippen LogP contribution >= 0.6 is 0 Å². The van der Waals surface area contributed by atoms with Crippen LogP contribution in [0.3, 0.4) is 0 Å². The molecule has 0 spiro atoms. The molecular formula is C26H22O5. The number of benzene rings is 3. The summed E-state index contributed by atoms with van der Waals surface area (Å²) < 4.78 is 22.9. The Morgan fingerprint density at radius 3 is 2.55 bits per heavy atom. The fourth-order valence-electron chi connectivity index (χ4n) is 3.20. The Bertz CT molecular complexity index is 1260. The Morgan fingerprint density at radius 1 is 0.935 bits per heavy atom. The SMILES string of the molecule is C=CCOc1ccc(-c2cc(=O)c3ccc(OCc4ccccc4)cc3o2)cc1OC. The van der Waals surface area contributed by atoms with Crippen molar-refractivity contribution in [3.8, 4) is 28.6 Å². The van der Waals surface area contributed by atoms with E-state index in [1.807, 2.05) is 36.4 Å². The zero-order valence-electron chi connectivity index (χ0n) is 17.2. The molecule has 5 heteroatoms. The third kappa shape index (κ3) is 4.61. The van der Waals surface area contributed by atoms with Gasteiger partial charge in [0.1, 0.15) is 30.3 Å². The minimum Gasteiger partial charge on any atom is -0.493 e. The van der Waals surface area contributed by atoms with Crippen molar-refractivity contribution in [1.82, 2.24) is 0 Å². The molecule has 0 atom stereocenters. The van der Waals surface area contributed by atoms with Crippen molar-refractivity contribution in [2.75, 3.05) is 13.7 Å². The van der Waals surface area contributed by atoms with Crippen molar-refractivity contribution in [2.45, 2.75) is 6.61 Å². The maximum atomic E-state index is 12.7. The minimum atomic E-state index is -0.128. The zero-order chi connectivity index (χ0) is 21.6. The van der Waals surface area contributed by atoms with Crippen LogP contribution in [0.5, 0.6) is 17.2 Å². The molecule has 0 saturated heterocycles. The number of fused-ring (bicyclic) bond motifs is 1. The van der Waals surface area contributed by atoms with Gasteiger partial charge in [0.25, 0.3) is 0 Å². The first-order valence-electron chi connectivity index (χ1n) is 9.84. The Kier molecular flexibility index (Phi) is 6.03. The van der Waals surface area contributed by atoms with E-state index in [0.29, 0.717) is 52.8 Å². The smallest absolute Gasteiger partial charge is 0.193 e. The summed E-state index contributed by atoms with van der Waals surface area (Å²) in [5.74, 6) is 2.20. The molecule has 5 nitrogen and oxygen atoms in total. The molecular weight excluding hydrogens is 392 g/mol. The number of rotatable bonds is 8. The van der Waals surface area contributed by atoms with E-state index in [4.69, 9.17) is 18.6 Å². The lowest BCUT2D eigenvalue weighted by molar-refractivity contribution is 0.306. The van der Waals surface area contributed by atoms with E-state index in [0.717, 1.165) is 5.56 Å². The summed E-state index contributed by atoms with van der Waals surface area (Å²) in [6, 6.07) is 22.0. The van der Waals surface area contributed by atoms with Crippen molar-refractivity contribution >= 4 is 11.0 Å². The summed E-state index contributed by atoms with van der Waals surface area (Å²) in [4.78, 5) is 12.7. The highest BCUT2D eigenvalue weighted by Gasteiger charge is 2.12. The average molecular weight is 414 g/mol. The molecule has 0 bridgehead atoms. The van der Waals surface area contributed by atoms with Gasteiger partial charge in [0, 0.05) is 17.7 Å². The lowest BCUT2D eigenvalue weighted by atomic mass is 10.1. The van der Waals surface area contributed by atoms with Crippen LogP contribution in [0.15, 0.2) is 94.7 Å². The van der Waals surface area contributed by atoms with Crippen LogP contribution in [0.2, 0.25) is 0 Å². The van der Waals surface area contributed by atoms with Crippen LogP contribution in [-0.4, -0.2) is 13.7 Å². The Labute approximate surface area is 180 Å². The van der Waals surface area contributed by atoms with Gasteiger partial charge in [-0.15, -0.1) is 0 Å². The van der Waals surface area contributed by atoms with Crippen LogP contribution in [0.4, 0.5) is 0 Å². The summed E-state index contributed by atoms with van der Waals surface area (Å²) in [6.45, 7) is 4.44. The second-order valence-electron chi connectivity index (χ2n) is 6.87. The molecule has 0 aliphatic carbocycles. The first kappa shape index (κ1) is 20.3. The largest absolute Gasteiger partial charge is 0.493 e. The third-order valence-electron chi connectivity index (χ3n) is 4.75. The van der Waals surface area contributed by atoms with Crippen LogP contribution in [0, 0.1) is 0 Å². The summed E-state index contributed by atoms with van der Waals surface area (Å²) in [6.07, 6.45) is 1.66. The van der Waals surface area contributed by atoms with E-state index in [2.05, 4.69) is 6.58 Å². The maximum absolute atomic E-state index is 12.7. The van der Waals surface area contributed by atoms with Gasteiger partial charge >= 0.3 is 0 Å². The van der Waals surface area contributed by atoms with E-state index in [1.54, 1.807) is 43.5 Å². The van der Waals surface area contributed by atoms with Crippen molar-refractivity contribution < 1.29 is 18.6 Å². The monoisotopic (exact) mass is 414 g/mol. The predicted octanol–water partition coefficient (Wildman–Crippen LogP) is 5.61. The van der Waals surface area contributed by atoms with Crippen LogP contribution in [0.1, 0.15) is 5.56 Å². The molecule has 0 aliphatic rings. The van der Waals surface area contributed by atoms with Crippen molar-refractivity contribution in [3.05, 3.63) is 101 Å². The summed E-state index contributed by atoms with van der Waals surface area (Å²) in [7, 11) is 1.56. The average Bonchev–Trinajstić information content (AvgIpc) is 2.81. The highest BCUT2D eigenvalue weighted by Crippen LogP contribution is 2.33. The van der Waals surface area contributed by atoms with Gasteiger partial charge in [-0.1, -0.05) is 43.0 Å². The van der Waals surface area contributed by atoms with Gasteiger partial charge in [-0.05, 0) is 35.9 Å². The van der Waals surface area contributed by atoms with Crippen LogP contribution < -0.4 is 19.6 Å². The van der Waals surface area contributed by atoms with Crippen molar-refractivity contribution in [1.29, 1.82) is 0 Å². The second-order valence-corrected chi connectivity index (χ2v) is 6.87. The van der Waals surface area contributed by atoms with Gasteiger partial charge < -0.3 is 18.6 Å². The van der Waals surface area contributed by atoms with Gasteiger partial charge in [-0.2, -0.15) is 0 Å². The lowest BCUT2D eigenvalue weighted by Gasteiger charge is -2.11. The molecule has 31 heavy (non-hydrogen) atoms. The fraction of sp³-hybridized carbons (Fsp3) is 0.115. The Hall–Kier alpha value is -3.99. The van der Waals surface area contributed by atoms with E-state index in [-0.39, 0.29) is 5.43 Å². The fourth-order valence-corrected chi connectivity index (χ4v) is 3.20. The van der Waals surface area contributed by atoms with Gasteiger partial charge in [-0.25, -0.2) is 0 Å². The van der Waals surface area contributed by atoms with Crippen LogP contribution in [-0.2, 0) is 6.61 Å². The molecule has 0 unspecified atom stereocenters. The summed E-state index contributed by atoms with van der Waals surface area (Å²) in [5.41, 5.74) is 2.09. The number of hydrogen-bond donors (Lipinski definition) is 0. The van der Waals surface area contributed by atoms with Crippen LogP contribution in [0.25, 0.3) is 22.3 Å². The molecule has 1 aromatic heterocycles. The molecule has 156 valence electrons. The van der Waals surface area contributed by atoms with E-state index in [1.165, 1.54) is 6.07 Å². The lowest BCUT2D eigenvalue weighted by Crippen LogP contribution is -2.02. The standard InChI is InChI=1S/C26H22O5/c1-3-13-29-23-12-9-19(14-26(23)28-2)24-16-22(27)21-11-10-20(15-25(21)31-24)30-17-18-7-5-4-6-8-18/h3-12,14-16H,1,13,17H2,2H3. The maximum Gasteiger partial charge on any atom is 0.193 e. The molecule has 0 saturated carbocycles. The molecule has 1 heterocycles. The molecule has 0 N–H and O–H groups in total. The molecule has 0 amide bonds. The number of methoxy groups -OCH3 is 1. The molecule has 4 rings (SSSR count). The summed E-state index contributed by atoms with van der Waals surface area (Å²) in [5, 5.41) is 0.494. The quantitative estimate of drug-likeness (QED) is 0.351. The normalized spacial score (nSPS) is 10.6. The first-order valence-corrected chi connectivity index (χ1v) is 9.84. The van der Waals surface area contributed by atoms with Gasteiger partial charge in [-0.3, -0.25) is 4.79 Å². The van der Waals surface area contributed by atoms with E-state index >= 15 is 0 Å².